The van der Waals surface area contributed by atoms with E-state index >= 15 is 0 Å². The minimum absolute atomic E-state index is 0.0528. The zero-order chi connectivity index (χ0) is 14.0. The van der Waals surface area contributed by atoms with Crippen LogP contribution in [0.2, 0.25) is 0 Å². The van der Waals surface area contributed by atoms with Crippen LogP contribution >= 0.6 is 23.1 Å². The van der Waals surface area contributed by atoms with Gasteiger partial charge < -0.3 is 5.11 Å². The molecule has 2 rings (SSSR count). The SMILES string of the molecule is CCC1CN(S(=O)(=O)c2ccc(C(=O)O)s2)CCS1. The number of aromatic carboxylic acids is 1. The molecule has 1 saturated heterocycles. The molecule has 5 nitrogen and oxygen atoms in total. The van der Waals surface area contributed by atoms with Crippen LogP contribution in [0.5, 0.6) is 0 Å². The van der Waals surface area contributed by atoms with E-state index in [1.54, 1.807) is 11.8 Å². The fraction of sp³-hybridized carbons (Fsp3) is 0.545. The number of sulfonamides is 1. The van der Waals surface area contributed by atoms with Crippen LogP contribution in [-0.2, 0) is 10.0 Å². The molecule has 1 aliphatic rings. The largest absolute Gasteiger partial charge is 0.477 e. The highest BCUT2D eigenvalue weighted by atomic mass is 32.2. The lowest BCUT2D eigenvalue weighted by Crippen LogP contribution is -2.41. The third-order valence-electron chi connectivity index (χ3n) is 2.94. The molecule has 0 spiro atoms. The van der Waals surface area contributed by atoms with E-state index in [0.717, 1.165) is 23.5 Å². The van der Waals surface area contributed by atoms with Crippen LogP contribution in [0, 0.1) is 0 Å². The number of thiophene rings is 1. The first-order valence-electron chi connectivity index (χ1n) is 5.90. The Kier molecular flexibility index (Phi) is 4.54. The standard InChI is InChI=1S/C11H15NO4S3/c1-2-8-7-12(5-6-17-8)19(15,16)10-4-3-9(18-10)11(13)14/h3-4,8H,2,5-7H2,1H3,(H,13,14). The molecule has 0 aromatic carbocycles. The van der Waals surface area contributed by atoms with Crippen molar-refractivity contribution in [1.29, 1.82) is 0 Å². The summed E-state index contributed by atoms with van der Waals surface area (Å²) in [5, 5.41) is 9.17. The van der Waals surface area contributed by atoms with Gasteiger partial charge in [0, 0.05) is 24.1 Å². The Morgan fingerprint density at radius 2 is 2.26 bits per heavy atom. The van der Waals surface area contributed by atoms with Gasteiger partial charge in [0.1, 0.15) is 9.09 Å². The predicted octanol–water partition coefficient (Wildman–Crippen LogP) is 1.96. The van der Waals surface area contributed by atoms with Gasteiger partial charge in [-0.05, 0) is 18.6 Å². The molecule has 19 heavy (non-hydrogen) atoms. The van der Waals surface area contributed by atoms with Crippen molar-refractivity contribution in [2.24, 2.45) is 0 Å². The summed E-state index contributed by atoms with van der Waals surface area (Å²) in [6.07, 6.45) is 0.932. The molecule has 1 N–H and O–H groups in total. The van der Waals surface area contributed by atoms with Gasteiger partial charge in [-0.2, -0.15) is 16.1 Å². The number of nitrogens with zero attached hydrogens (tertiary/aromatic N) is 1. The Bertz CT molecular complexity index is 566. The highest BCUT2D eigenvalue weighted by Gasteiger charge is 2.31. The number of hydrogen-bond acceptors (Lipinski definition) is 5. The monoisotopic (exact) mass is 321 g/mol. The van der Waals surface area contributed by atoms with Crippen LogP contribution in [0.25, 0.3) is 0 Å². The highest BCUT2D eigenvalue weighted by molar-refractivity contribution is 8.00. The maximum atomic E-state index is 12.4. The number of hydrogen-bond donors (Lipinski definition) is 1. The van der Waals surface area contributed by atoms with Gasteiger partial charge >= 0.3 is 5.97 Å². The smallest absolute Gasteiger partial charge is 0.345 e. The zero-order valence-electron chi connectivity index (χ0n) is 10.4. The Balaban J connectivity index is 2.23. The lowest BCUT2D eigenvalue weighted by atomic mass is 10.3. The van der Waals surface area contributed by atoms with Crippen molar-refractivity contribution in [2.75, 3.05) is 18.8 Å². The molecule has 8 heteroatoms. The number of thioether (sulfide) groups is 1. The second-order valence-electron chi connectivity index (χ2n) is 4.19. The molecule has 0 aliphatic carbocycles. The van der Waals surface area contributed by atoms with Crippen LogP contribution in [0.15, 0.2) is 16.3 Å². The summed E-state index contributed by atoms with van der Waals surface area (Å²) in [6, 6.07) is 2.72. The van der Waals surface area contributed by atoms with Crippen LogP contribution in [-0.4, -0.2) is 47.9 Å². The van der Waals surface area contributed by atoms with Crippen molar-refractivity contribution in [1.82, 2.24) is 4.31 Å². The van der Waals surface area contributed by atoms with Gasteiger partial charge in [-0.25, -0.2) is 13.2 Å². The van der Waals surface area contributed by atoms with Crippen molar-refractivity contribution < 1.29 is 18.3 Å². The summed E-state index contributed by atoms with van der Waals surface area (Å²) in [5.74, 6) is -0.304. The summed E-state index contributed by atoms with van der Waals surface area (Å²) < 4.78 is 26.4. The van der Waals surface area contributed by atoms with E-state index in [-0.39, 0.29) is 9.09 Å². The van der Waals surface area contributed by atoms with Crippen LogP contribution < -0.4 is 0 Å². The van der Waals surface area contributed by atoms with E-state index in [0.29, 0.717) is 18.3 Å². The molecule has 0 radical (unpaired) electrons. The van der Waals surface area contributed by atoms with Crippen LogP contribution in [0.4, 0.5) is 0 Å². The second-order valence-corrected chi connectivity index (χ2v) is 8.84. The van der Waals surface area contributed by atoms with Gasteiger partial charge in [0.25, 0.3) is 10.0 Å². The molecule has 0 saturated carbocycles. The summed E-state index contributed by atoms with van der Waals surface area (Å²) in [7, 11) is -3.54. The molecule has 1 aromatic heterocycles. The average Bonchev–Trinajstić information content (AvgIpc) is 2.89. The minimum Gasteiger partial charge on any atom is -0.477 e. The first-order chi connectivity index (χ1) is 8.95. The molecule has 1 aliphatic heterocycles. The first kappa shape index (κ1) is 14.8. The summed E-state index contributed by atoms with van der Waals surface area (Å²) in [4.78, 5) is 10.9. The lowest BCUT2D eigenvalue weighted by molar-refractivity contribution is 0.0702. The normalized spacial score (nSPS) is 21.4. The van der Waals surface area contributed by atoms with Crippen LogP contribution in [0.1, 0.15) is 23.0 Å². The van der Waals surface area contributed by atoms with E-state index in [4.69, 9.17) is 5.11 Å². The summed E-state index contributed by atoms with van der Waals surface area (Å²) in [6.45, 7) is 3.04. The van der Waals surface area contributed by atoms with Crippen molar-refractivity contribution in [3.63, 3.8) is 0 Å². The van der Waals surface area contributed by atoms with Gasteiger partial charge in [-0.15, -0.1) is 11.3 Å². The Morgan fingerprint density at radius 3 is 2.84 bits per heavy atom. The molecule has 1 fully saturated rings. The Labute approximate surface area is 120 Å². The fourth-order valence-corrected chi connectivity index (χ4v) is 6.03. The van der Waals surface area contributed by atoms with Crippen molar-refractivity contribution in [3.05, 3.63) is 17.0 Å². The van der Waals surface area contributed by atoms with Gasteiger partial charge in [-0.3, -0.25) is 0 Å². The maximum absolute atomic E-state index is 12.4. The molecule has 1 atom stereocenters. The van der Waals surface area contributed by atoms with E-state index in [2.05, 4.69) is 0 Å². The predicted molar refractivity (Wildman–Crippen MR) is 76.6 cm³/mol. The van der Waals surface area contributed by atoms with E-state index < -0.39 is 16.0 Å². The minimum atomic E-state index is -3.54. The molecule has 0 amide bonds. The molecular formula is C11H15NO4S3. The molecule has 1 unspecified atom stereocenters. The number of carbonyl (C=O) groups is 1. The van der Waals surface area contributed by atoms with Crippen molar-refractivity contribution in [2.45, 2.75) is 22.8 Å². The topological polar surface area (TPSA) is 74.7 Å². The van der Waals surface area contributed by atoms with Gasteiger partial charge in [0.2, 0.25) is 0 Å². The maximum Gasteiger partial charge on any atom is 0.345 e. The number of carboxylic acid groups (broad SMARTS) is 1. The zero-order valence-corrected chi connectivity index (χ0v) is 12.9. The third kappa shape index (κ3) is 3.13. The molecule has 1 aromatic rings. The second kappa shape index (κ2) is 5.82. The fourth-order valence-electron chi connectivity index (χ4n) is 1.86. The van der Waals surface area contributed by atoms with Crippen LogP contribution in [0.3, 0.4) is 0 Å². The number of carboxylic acids is 1. The molecule has 2 heterocycles. The van der Waals surface area contributed by atoms with Gasteiger partial charge in [0.05, 0.1) is 0 Å². The van der Waals surface area contributed by atoms with Crippen molar-refractivity contribution in [3.8, 4) is 0 Å². The third-order valence-corrected chi connectivity index (χ3v) is 7.72. The summed E-state index contributed by atoms with van der Waals surface area (Å²) >= 11 is 2.61. The van der Waals surface area contributed by atoms with E-state index in [9.17, 15) is 13.2 Å². The van der Waals surface area contributed by atoms with Gasteiger partial charge in [-0.1, -0.05) is 6.92 Å². The first-order valence-corrected chi connectivity index (χ1v) is 9.20. The lowest BCUT2D eigenvalue weighted by Gasteiger charge is -2.30. The number of rotatable bonds is 4. The van der Waals surface area contributed by atoms with E-state index in [1.807, 2.05) is 6.92 Å². The Hall–Kier alpha value is -0.570. The highest BCUT2D eigenvalue weighted by Crippen LogP contribution is 2.29. The van der Waals surface area contributed by atoms with Crippen molar-refractivity contribution >= 4 is 39.1 Å². The van der Waals surface area contributed by atoms with Gasteiger partial charge in [0.15, 0.2) is 0 Å². The summed E-state index contributed by atoms with van der Waals surface area (Å²) in [5.41, 5.74) is 0. The Morgan fingerprint density at radius 1 is 1.53 bits per heavy atom. The average molecular weight is 321 g/mol. The van der Waals surface area contributed by atoms with E-state index in [1.165, 1.54) is 16.4 Å². The quantitative estimate of drug-likeness (QED) is 0.917. The molecule has 0 bridgehead atoms. The molecular weight excluding hydrogens is 306 g/mol. The molecule has 106 valence electrons.